The number of aryl methyl sites for hydroxylation is 1. The number of methoxy groups -OCH3 is 1. The van der Waals surface area contributed by atoms with Crippen LogP contribution in [-0.4, -0.2) is 38.5 Å². The molecule has 0 radical (unpaired) electrons. The first-order valence-electron chi connectivity index (χ1n) is 5.82. The molecule has 1 aromatic carbocycles. The van der Waals surface area contributed by atoms with Crippen LogP contribution in [0, 0.1) is 6.92 Å². The molecule has 17 heavy (non-hydrogen) atoms. The molecule has 1 unspecified atom stereocenters. The minimum Gasteiger partial charge on any atom is -0.496 e. The molecule has 4 nitrogen and oxygen atoms in total. The second kappa shape index (κ2) is 6.47. The highest BCUT2D eigenvalue weighted by atomic mass is 16.5. The Morgan fingerprint density at radius 1 is 1.47 bits per heavy atom. The summed E-state index contributed by atoms with van der Waals surface area (Å²) in [5.74, 6) is 0.879. The van der Waals surface area contributed by atoms with Crippen molar-refractivity contribution >= 4 is 5.69 Å². The quantitative estimate of drug-likeness (QED) is 0.780. The van der Waals surface area contributed by atoms with Gasteiger partial charge in [-0.05, 0) is 43.7 Å². The minimum atomic E-state index is -0.382. The first kappa shape index (κ1) is 13.8. The largest absolute Gasteiger partial charge is 0.496 e. The van der Waals surface area contributed by atoms with Gasteiger partial charge in [0.25, 0.3) is 0 Å². The van der Waals surface area contributed by atoms with Crippen LogP contribution in [0.1, 0.15) is 12.0 Å². The third-order valence-corrected chi connectivity index (χ3v) is 2.80. The van der Waals surface area contributed by atoms with Gasteiger partial charge in [0.05, 0.1) is 13.2 Å². The summed E-state index contributed by atoms with van der Waals surface area (Å²) < 4.78 is 5.21. The number of nitrogens with zero attached hydrogens (tertiary/aromatic N) is 1. The fraction of sp³-hybridized carbons (Fsp3) is 0.538. The number of anilines is 1. The predicted molar refractivity (Wildman–Crippen MR) is 70.7 cm³/mol. The maximum absolute atomic E-state index is 9.70. The van der Waals surface area contributed by atoms with Gasteiger partial charge in [0.1, 0.15) is 5.75 Å². The number of hydrogen-bond acceptors (Lipinski definition) is 4. The Kier molecular flexibility index (Phi) is 5.25. The highest BCUT2D eigenvalue weighted by molar-refractivity contribution is 5.52. The van der Waals surface area contributed by atoms with E-state index < -0.39 is 0 Å². The molecule has 0 heterocycles. The molecule has 0 aliphatic rings. The number of ether oxygens (including phenoxy) is 1. The van der Waals surface area contributed by atoms with Gasteiger partial charge in [-0.2, -0.15) is 0 Å². The van der Waals surface area contributed by atoms with Crippen LogP contribution in [0.25, 0.3) is 0 Å². The molecule has 0 amide bonds. The zero-order valence-corrected chi connectivity index (χ0v) is 10.8. The van der Waals surface area contributed by atoms with Crippen LogP contribution in [0.4, 0.5) is 5.69 Å². The molecule has 1 atom stereocenters. The van der Waals surface area contributed by atoms with Gasteiger partial charge in [-0.3, -0.25) is 0 Å². The molecular formula is C13H22N2O2. The van der Waals surface area contributed by atoms with E-state index in [1.165, 1.54) is 0 Å². The fourth-order valence-corrected chi connectivity index (χ4v) is 1.81. The number of hydrogen-bond donors (Lipinski definition) is 2. The van der Waals surface area contributed by atoms with Crippen LogP contribution in [0.5, 0.6) is 5.75 Å². The van der Waals surface area contributed by atoms with Crippen LogP contribution in [0.15, 0.2) is 18.2 Å². The van der Waals surface area contributed by atoms with Crippen molar-refractivity contribution in [1.82, 2.24) is 0 Å². The molecule has 1 aromatic rings. The molecule has 1 rings (SSSR count). The lowest BCUT2D eigenvalue weighted by atomic mass is 10.1. The Bertz CT molecular complexity index is 355. The van der Waals surface area contributed by atoms with E-state index in [-0.39, 0.29) is 6.10 Å². The van der Waals surface area contributed by atoms with E-state index in [1.54, 1.807) is 7.11 Å². The Morgan fingerprint density at radius 3 is 2.71 bits per heavy atom. The SMILES string of the molecule is COc1ccc(N(C)CC(O)CCN)cc1C. The van der Waals surface area contributed by atoms with Crippen molar-refractivity contribution in [1.29, 1.82) is 0 Å². The average Bonchev–Trinajstić information content (AvgIpc) is 2.29. The van der Waals surface area contributed by atoms with Crippen molar-refractivity contribution < 1.29 is 9.84 Å². The lowest BCUT2D eigenvalue weighted by molar-refractivity contribution is 0.174. The number of aliphatic hydroxyl groups is 1. The van der Waals surface area contributed by atoms with Crippen LogP contribution in [-0.2, 0) is 0 Å². The van der Waals surface area contributed by atoms with Gasteiger partial charge in [0.15, 0.2) is 0 Å². The van der Waals surface area contributed by atoms with Crippen molar-refractivity contribution in [2.24, 2.45) is 5.73 Å². The monoisotopic (exact) mass is 238 g/mol. The van der Waals surface area contributed by atoms with Crippen LogP contribution in [0.3, 0.4) is 0 Å². The van der Waals surface area contributed by atoms with Gasteiger partial charge in [-0.15, -0.1) is 0 Å². The van der Waals surface area contributed by atoms with E-state index in [4.69, 9.17) is 10.5 Å². The maximum Gasteiger partial charge on any atom is 0.121 e. The first-order valence-corrected chi connectivity index (χ1v) is 5.82. The summed E-state index contributed by atoms with van der Waals surface area (Å²) in [4.78, 5) is 2.02. The number of aliphatic hydroxyl groups excluding tert-OH is 1. The molecule has 96 valence electrons. The Labute approximate surface area is 103 Å². The Morgan fingerprint density at radius 2 is 2.18 bits per heavy atom. The Hall–Kier alpha value is -1.26. The molecule has 0 saturated carbocycles. The van der Waals surface area contributed by atoms with Crippen molar-refractivity contribution in [2.75, 3.05) is 32.1 Å². The third-order valence-electron chi connectivity index (χ3n) is 2.80. The number of likely N-dealkylation sites (N-methyl/N-ethyl adjacent to an activating group) is 1. The van der Waals surface area contributed by atoms with Gasteiger partial charge in [0, 0.05) is 19.3 Å². The third kappa shape index (κ3) is 3.91. The summed E-state index contributed by atoms with van der Waals surface area (Å²) in [6.07, 6.45) is 0.242. The lowest BCUT2D eigenvalue weighted by Crippen LogP contribution is -2.30. The van der Waals surface area contributed by atoms with Crippen molar-refractivity contribution in [2.45, 2.75) is 19.4 Å². The summed E-state index contributed by atoms with van der Waals surface area (Å²) in [6.45, 7) is 3.10. The van der Waals surface area contributed by atoms with Crippen LogP contribution in [0.2, 0.25) is 0 Å². The lowest BCUT2D eigenvalue weighted by Gasteiger charge is -2.23. The van der Waals surface area contributed by atoms with E-state index in [0.29, 0.717) is 19.5 Å². The van der Waals surface area contributed by atoms with E-state index in [2.05, 4.69) is 0 Å². The van der Waals surface area contributed by atoms with E-state index in [9.17, 15) is 5.11 Å². The molecule has 0 aliphatic carbocycles. The summed E-state index contributed by atoms with van der Waals surface area (Å²) in [7, 11) is 3.62. The van der Waals surface area contributed by atoms with Crippen LogP contribution < -0.4 is 15.4 Å². The van der Waals surface area contributed by atoms with E-state index >= 15 is 0 Å². The second-order valence-electron chi connectivity index (χ2n) is 4.27. The van der Waals surface area contributed by atoms with Crippen molar-refractivity contribution in [3.8, 4) is 5.75 Å². The molecule has 0 bridgehead atoms. The standard InChI is InChI=1S/C13H22N2O2/c1-10-8-11(4-5-13(10)17-3)15(2)9-12(16)6-7-14/h4-5,8,12,16H,6-7,9,14H2,1-3H3. The van der Waals surface area contributed by atoms with Crippen molar-refractivity contribution in [3.05, 3.63) is 23.8 Å². The molecule has 0 spiro atoms. The highest BCUT2D eigenvalue weighted by Gasteiger charge is 2.09. The normalized spacial score (nSPS) is 12.3. The highest BCUT2D eigenvalue weighted by Crippen LogP contribution is 2.23. The molecule has 0 aromatic heterocycles. The van der Waals surface area contributed by atoms with Crippen molar-refractivity contribution in [3.63, 3.8) is 0 Å². The summed E-state index contributed by atoms with van der Waals surface area (Å²) in [5.41, 5.74) is 7.57. The minimum absolute atomic E-state index is 0.382. The van der Waals surface area contributed by atoms with Gasteiger partial charge < -0.3 is 20.5 Å². The number of nitrogens with two attached hydrogens (primary N) is 1. The molecule has 0 saturated heterocycles. The first-order chi connectivity index (χ1) is 8.08. The predicted octanol–water partition coefficient (Wildman–Crippen LogP) is 1.15. The smallest absolute Gasteiger partial charge is 0.121 e. The number of rotatable bonds is 6. The molecule has 3 N–H and O–H groups in total. The summed E-state index contributed by atoms with van der Waals surface area (Å²) in [6, 6.07) is 5.98. The summed E-state index contributed by atoms with van der Waals surface area (Å²) >= 11 is 0. The second-order valence-corrected chi connectivity index (χ2v) is 4.27. The van der Waals surface area contributed by atoms with E-state index in [1.807, 2.05) is 37.1 Å². The summed E-state index contributed by atoms with van der Waals surface area (Å²) in [5, 5.41) is 9.70. The van der Waals surface area contributed by atoms with Gasteiger partial charge in [-0.1, -0.05) is 0 Å². The molecule has 4 heteroatoms. The van der Waals surface area contributed by atoms with Gasteiger partial charge in [-0.25, -0.2) is 0 Å². The zero-order valence-electron chi connectivity index (χ0n) is 10.8. The topological polar surface area (TPSA) is 58.7 Å². The van der Waals surface area contributed by atoms with Crippen LogP contribution >= 0.6 is 0 Å². The molecule has 0 aliphatic heterocycles. The van der Waals surface area contributed by atoms with Gasteiger partial charge >= 0.3 is 0 Å². The Balaban J connectivity index is 2.69. The zero-order chi connectivity index (χ0) is 12.8. The number of benzene rings is 1. The maximum atomic E-state index is 9.70. The fourth-order valence-electron chi connectivity index (χ4n) is 1.81. The molecular weight excluding hydrogens is 216 g/mol. The van der Waals surface area contributed by atoms with Gasteiger partial charge in [0.2, 0.25) is 0 Å². The average molecular weight is 238 g/mol. The molecule has 0 fully saturated rings. The van der Waals surface area contributed by atoms with E-state index in [0.717, 1.165) is 17.0 Å².